The fraction of sp³-hybridized carbons (Fsp3) is 0.286. The number of phenols is 1. The van der Waals surface area contributed by atoms with Crippen LogP contribution in [-0.4, -0.2) is 53.7 Å². The third kappa shape index (κ3) is 3.73. The smallest absolute Gasteiger partial charge is 0.414 e. The van der Waals surface area contributed by atoms with E-state index in [0.29, 0.717) is 43.9 Å². The van der Waals surface area contributed by atoms with Crippen LogP contribution in [0.15, 0.2) is 48.5 Å². The van der Waals surface area contributed by atoms with Gasteiger partial charge in [-0.3, -0.25) is 14.5 Å². The largest absolute Gasteiger partial charge is 0.507 e. The van der Waals surface area contributed by atoms with Crippen molar-refractivity contribution in [2.45, 2.75) is 18.9 Å². The van der Waals surface area contributed by atoms with E-state index in [4.69, 9.17) is 4.74 Å². The summed E-state index contributed by atoms with van der Waals surface area (Å²) in [6.45, 7) is 1.24. The molecule has 3 amide bonds. The Hall–Kier alpha value is -3.55. The molecule has 2 N–H and O–H groups in total. The van der Waals surface area contributed by atoms with E-state index in [2.05, 4.69) is 5.32 Å². The van der Waals surface area contributed by atoms with Crippen LogP contribution in [-0.2, 0) is 9.53 Å². The number of ether oxygens (including phenoxy) is 1. The summed E-state index contributed by atoms with van der Waals surface area (Å²) in [4.78, 5) is 40.4. The molecule has 0 aliphatic carbocycles. The maximum atomic E-state index is 12.9. The lowest BCUT2D eigenvalue weighted by Gasteiger charge is -2.24. The Labute approximate surface area is 167 Å². The van der Waals surface area contributed by atoms with Gasteiger partial charge in [-0.2, -0.15) is 0 Å². The van der Waals surface area contributed by atoms with Crippen molar-refractivity contribution in [2.75, 3.05) is 29.9 Å². The molecule has 2 aliphatic heterocycles. The second-order valence-corrected chi connectivity index (χ2v) is 6.98. The first-order valence-electron chi connectivity index (χ1n) is 9.49. The monoisotopic (exact) mass is 395 g/mol. The molecule has 2 saturated heterocycles. The van der Waals surface area contributed by atoms with Crippen molar-refractivity contribution in [3.05, 3.63) is 54.1 Å². The zero-order valence-corrected chi connectivity index (χ0v) is 15.7. The molecule has 1 atom stereocenters. The zero-order valence-electron chi connectivity index (χ0n) is 15.7. The van der Waals surface area contributed by atoms with Crippen LogP contribution in [0.5, 0.6) is 5.75 Å². The Morgan fingerprint density at radius 2 is 1.93 bits per heavy atom. The summed E-state index contributed by atoms with van der Waals surface area (Å²) in [6, 6.07) is 12.6. The lowest BCUT2D eigenvalue weighted by molar-refractivity contribution is -0.119. The van der Waals surface area contributed by atoms with Crippen molar-refractivity contribution in [1.29, 1.82) is 0 Å². The number of carbonyl (C=O) groups excluding carboxylic acids is 3. The lowest BCUT2D eigenvalue weighted by atomic mass is 10.1. The van der Waals surface area contributed by atoms with Crippen LogP contribution >= 0.6 is 0 Å². The maximum absolute atomic E-state index is 12.9. The van der Waals surface area contributed by atoms with E-state index < -0.39 is 12.1 Å². The summed E-state index contributed by atoms with van der Waals surface area (Å²) in [7, 11) is 0. The van der Waals surface area contributed by atoms with Crippen LogP contribution in [0.25, 0.3) is 0 Å². The first kappa shape index (κ1) is 18.8. The molecule has 0 bridgehead atoms. The third-order valence-electron chi connectivity index (χ3n) is 5.14. The van der Waals surface area contributed by atoms with Crippen molar-refractivity contribution >= 4 is 29.3 Å². The van der Waals surface area contributed by atoms with Crippen LogP contribution in [0, 0.1) is 0 Å². The van der Waals surface area contributed by atoms with Crippen LogP contribution < -0.4 is 10.2 Å². The molecule has 2 heterocycles. The normalized spacial score (nSPS) is 18.6. The number of hydrogen-bond acceptors (Lipinski definition) is 5. The molecule has 0 aromatic heterocycles. The number of likely N-dealkylation sites (tertiary alicyclic amines) is 1. The van der Waals surface area contributed by atoms with Gasteiger partial charge in [0, 0.05) is 17.9 Å². The minimum atomic E-state index is -0.623. The van der Waals surface area contributed by atoms with Crippen LogP contribution in [0.3, 0.4) is 0 Å². The van der Waals surface area contributed by atoms with E-state index in [0.717, 1.165) is 0 Å². The topological polar surface area (TPSA) is 99.2 Å². The van der Waals surface area contributed by atoms with Gasteiger partial charge < -0.3 is 20.1 Å². The SMILES string of the molecule is O=C(Nc1cccc(N2CCOC2=O)c1)C1CCCN1C(=O)c1ccccc1O. The van der Waals surface area contributed by atoms with Crippen molar-refractivity contribution < 1.29 is 24.2 Å². The number of cyclic esters (lactones) is 1. The molecular weight excluding hydrogens is 374 g/mol. The summed E-state index contributed by atoms with van der Waals surface area (Å²) >= 11 is 0. The minimum Gasteiger partial charge on any atom is -0.507 e. The van der Waals surface area contributed by atoms with Gasteiger partial charge >= 0.3 is 6.09 Å². The third-order valence-corrected chi connectivity index (χ3v) is 5.14. The summed E-state index contributed by atoms with van der Waals surface area (Å²) < 4.78 is 4.95. The molecule has 2 aliphatic rings. The predicted molar refractivity (Wildman–Crippen MR) is 106 cm³/mol. The summed E-state index contributed by atoms with van der Waals surface area (Å²) in [5.41, 5.74) is 1.36. The number of phenolic OH excluding ortho intramolecular Hbond substituents is 1. The zero-order chi connectivity index (χ0) is 20.4. The molecule has 2 aromatic rings. The van der Waals surface area contributed by atoms with Crippen molar-refractivity contribution in [3.63, 3.8) is 0 Å². The first-order chi connectivity index (χ1) is 14.0. The van der Waals surface area contributed by atoms with E-state index in [1.807, 2.05) is 0 Å². The van der Waals surface area contributed by atoms with Gasteiger partial charge in [-0.25, -0.2) is 4.79 Å². The molecule has 0 spiro atoms. The standard InChI is InChI=1S/C21H21N3O5/c25-18-9-2-1-7-16(18)20(27)24-10-4-8-17(24)19(26)22-14-5-3-6-15(13-14)23-11-12-29-21(23)28/h1-3,5-7,9,13,17,25H,4,8,10-12H2,(H,22,26). The van der Waals surface area contributed by atoms with Gasteiger partial charge in [0.25, 0.3) is 5.91 Å². The highest BCUT2D eigenvalue weighted by atomic mass is 16.6. The van der Waals surface area contributed by atoms with E-state index in [-0.39, 0.29) is 23.1 Å². The van der Waals surface area contributed by atoms with E-state index in [1.165, 1.54) is 15.9 Å². The van der Waals surface area contributed by atoms with Gasteiger partial charge in [0.15, 0.2) is 0 Å². The molecule has 0 radical (unpaired) electrons. The highest BCUT2D eigenvalue weighted by Crippen LogP contribution is 2.26. The number of nitrogens with zero attached hydrogens (tertiary/aromatic N) is 2. The van der Waals surface area contributed by atoms with E-state index >= 15 is 0 Å². The molecule has 4 rings (SSSR count). The van der Waals surface area contributed by atoms with Gasteiger partial charge in [-0.15, -0.1) is 0 Å². The number of nitrogens with one attached hydrogen (secondary N) is 1. The number of carbonyl (C=O) groups is 3. The Bertz CT molecular complexity index is 961. The molecule has 29 heavy (non-hydrogen) atoms. The number of amides is 3. The van der Waals surface area contributed by atoms with Crippen LogP contribution in [0.4, 0.5) is 16.2 Å². The quantitative estimate of drug-likeness (QED) is 0.829. The second-order valence-electron chi connectivity index (χ2n) is 6.98. The Morgan fingerprint density at radius 3 is 2.69 bits per heavy atom. The van der Waals surface area contributed by atoms with Gasteiger partial charge in [-0.05, 0) is 43.2 Å². The predicted octanol–water partition coefficient (Wildman–Crippen LogP) is 2.59. The van der Waals surface area contributed by atoms with Crippen LogP contribution in [0.1, 0.15) is 23.2 Å². The van der Waals surface area contributed by atoms with Gasteiger partial charge in [0.1, 0.15) is 18.4 Å². The van der Waals surface area contributed by atoms with E-state index in [1.54, 1.807) is 42.5 Å². The average Bonchev–Trinajstić information content (AvgIpc) is 3.37. The fourth-order valence-electron chi connectivity index (χ4n) is 3.70. The van der Waals surface area contributed by atoms with Crippen molar-refractivity contribution in [3.8, 4) is 5.75 Å². The Morgan fingerprint density at radius 1 is 1.10 bits per heavy atom. The number of anilines is 2. The first-order valence-corrected chi connectivity index (χ1v) is 9.49. The number of aromatic hydroxyl groups is 1. The van der Waals surface area contributed by atoms with Crippen molar-refractivity contribution in [2.24, 2.45) is 0 Å². The Balaban J connectivity index is 1.49. The molecule has 0 saturated carbocycles. The number of para-hydroxylation sites is 1. The van der Waals surface area contributed by atoms with Crippen molar-refractivity contribution in [1.82, 2.24) is 4.90 Å². The highest BCUT2D eigenvalue weighted by molar-refractivity contribution is 6.03. The van der Waals surface area contributed by atoms with Crippen LogP contribution in [0.2, 0.25) is 0 Å². The molecule has 2 aromatic carbocycles. The molecule has 1 unspecified atom stereocenters. The highest BCUT2D eigenvalue weighted by Gasteiger charge is 2.35. The van der Waals surface area contributed by atoms with E-state index in [9.17, 15) is 19.5 Å². The maximum Gasteiger partial charge on any atom is 0.414 e. The fourth-order valence-corrected chi connectivity index (χ4v) is 3.70. The lowest BCUT2D eigenvalue weighted by Crippen LogP contribution is -2.43. The van der Waals surface area contributed by atoms with Gasteiger partial charge in [-0.1, -0.05) is 18.2 Å². The Kier molecular flexibility index (Phi) is 5.07. The number of rotatable bonds is 4. The average molecular weight is 395 g/mol. The molecule has 150 valence electrons. The molecule has 2 fully saturated rings. The molecular formula is C21H21N3O5. The summed E-state index contributed by atoms with van der Waals surface area (Å²) in [6.07, 6.45) is 0.837. The van der Waals surface area contributed by atoms with Gasteiger partial charge in [0.05, 0.1) is 12.1 Å². The minimum absolute atomic E-state index is 0.103. The molecule has 8 heteroatoms. The summed E-state index contributed by atoms with van der Waals surface area (Å²) in [5.74, 6) is -0.768. The van der Waals surface area contributed by atoms with Gasteiger partial charge in [0.2, 0.25) is 5.91 Å². The number of benzene rings is 2. The molecule has 8 nitrogen and oxygen atoms in total. The summed E-state index contributed by atoms with van der Waals surface area (Å²) in [5, 5.41) is 12.8. The second kappa shape index (κ2) is 7.83. The number of hydrogen-bond donors (Lipinski definition) is 2.